The van der Waals surface area contributed by atoms with Crippen LogP contribution in [0.25, 0.3) is 22.6 Å². The Morgan fingerprint density at radius 1 is 1.10 bits per heavy atom. The highest BCUT2D eigenvalue weighted by Crippen LogP contribution is 2.43. The van der Waals surface area contributed by atoms with Crippen LogP contribution >= 0.6 is 11.3 Å². The van der Waals surface area contributed by atoms with Gasteiger partial charge in [0.05, 0.1) is 28.8 Å². The number of nitrogens with one attached hydrogen (secondary N) is 1. The molecule has 14 heteroatoms. The van der Waals surface area contributed by atoms with Gasteiger partial charge in [0.1, 0.15) is 4.88 Å². The maximum absolute atomic E-state index is 13.9. The second-order valence-electron chi connectivity index (χ2n) is 9.30. The number of anilines is 1. The Kier molecular flexibility index (Phi) is 6.98. The zero-order valence-corrected chi connectivity index (χ0v) is 21.2. The molecule has 1 atom stereocenters. The molecule has 7 nitrogen and oxygen atoms in total. The number of aromatic amines is 1. The zero-order valence-electron chi connectivity index (χ0n) is 20.3. The molecule has 3 heterocycles. The van der Waals surface area contributed by atoms with Gasteiger partial charge in [0.15, 0.2) is 5.13 Å². The number of H-pyrrole nitrogens is 1. The van der Waals surface area contributed by atoms with Crippen LogP contribution in [-0.4, -0.2) is 44.5 Å². The van der Waals surface area contributed by atoms with E-state index < -0.39 is 46.8 Å². The van der Waals surface area contributed by atoms with Crippen LogP contribution in [0.15, 0.2) is 42.6 Å². The Bertz CT molecular complexity index is 1610. The van der Waals surface area contributed by atoms with Crippen LogP contribution in [0.1, 0.15) is 40.0 Å². The third-order valence-corrected chi connectivity index (χ3v) is 7.76. The molecule has 0 saturated carbocycles. The number of piperidine rings is 1. The number of rotatable bonds is 5. The fourth-order valence-corrected chi connectivity index (χ4v) is 5.65. The Balaban J connectivity index is 1.67. The van der Waals surface area contributed by atoms with Crippen LogP contribution in [0, 0.1) is 5.92 Å². The first-order chi connectivity index (χ1) is 18.8. The second-order valence-corrected chi connectivity index (χ2v) is 10.3. The fraction of sp³-hybridized carbons (Fsp3) is 0.269. The van der Waals surface area contributed by atoms with Crippen molar-refractivity contribution in [2.45, 2.75) is 25.2 Å². The number of aromatic hydroxyl groups is 1. The minimum Gasteiger partial charge on any atom is -0.492 e. The third kappa shape index (κ3) is 5.48. The SMILES string of the molecule is O=C(O)[C@@H]1CCCN(c2nc(O)c(C(=Cc3ccc(C(F)(F)F)cc3C(F)(F)F)c3ccc4[nH]ncc4c3)s2)C1. The average Bonchev–Trinajstić information content (AvgIpc) is 3.52. The van der Waals surface area contributed by atoms with E-state index in [9.17, 15) is 41.4 Å². The number of carboxylic acids is 1. The number of fused-ring (bicyclic) bond motifs is 1. The molecule has 0 aliphatic carbocycles. The number of aliphatic carboxylic acids is 1. The van der Waals surface area contributed by atoms with Gasteiger partial charge in [-0.2, -0.15) is 36.4 Å². The van der Waals surface area contributed by atoms with Gasteiger partial charge in [0.25, 0.3) is 0 Å². The standard InChI is InChI=1S/C26H20F6N4O3S/c27-25(28,29)17-5-3-14(19(10-17)26(30,31)32)9-18(13-4-6-20-16(8-13)11-33-35-20)21-22(37)34-24(40-21)36-7-1-2-15(12-36)23(38)39/h3-6,8-11,15,37H,1-2,7,12H2,(H,33,35)(H,38,39)/t15-/m1/s1. The molecule has 40 heavy (non-hydrogen) atoms. The summed E-state index contributed by atoms with van der Waals surface area (Å²) in [4.78, 5) is 17.4. The highest BCUT2D eigenvalue weighted by molar-refractivity contribution is 7.17. The lowest BCUT2D eigenvalue weighted by Crippen LogP contribution is -2.38. The number of nitrogens with zero attached hydrogens (tertiary/aromatic N) is 3. The van der Waals surface area contributed by atoms with Crippen molar-refractivity contribution in [3.05, 3.63) is 69.7 Å². The molecular weight excluding hydrogens is 562 g/mol. The van der Waals surface area contributed by atoms with Crippen molar-refractivity contribution in [1.29, 1.82) is 0 Å². The molecule has 1 aliphatic rings. The maximum atomic E-state index is 13.9. The molecule has 3 N–H and O–H groups in total. The van der Waals surface area contributed by atoms with E-state index >= 15 is 0 Å². The van der Waals surface area contributed by atoms with Gasteiger partial charge in [-0.1, -0.05) is 23.5 Å². The summed E-state index contributed by atoms with van der Waals surface area (Å²) < 4.78 is 81.5. The molecule has 4 aromatic rings. The first-order valence-electron chi connectivity index (χ1n) is 11.9. The number of hydrogen-bond acceptors (Lipinski definition) is 6. The first kappa shape index (κ1) is 27.5. The predicted octanol–water partition coefficient (Wildman–Crippen LogP) is 6.65. The molecule has 1 aliphatic heterocycles. The molecular formula is C26H20F6N4O3S. The van der Waals surface area contributed by atoms with E-state index in [1.54, 1.807) is 23.1 Å². The van der Waals surface area contributed by atoms with Crippen molar-refractivity contribution in [1.82, 2.24) is 15.2 Å². The molecule has 0 bridgehead atoms. The van der Waals surface area contributed by atoms with Gasteiger partial charge in [-0.25, -0.2) is 0 Å². The molecule has 210 valence electrons. The van der Waals surface area contributed by atoms with Crippen molar-refractivity contribution in [2.24, 2.45) is 5.92 Å². The lowest BCUT2D eigenvalue weighted by atomic mass is 9.96. The Morgan fingerprint density at radius 2 is 1.88 bits per heavy atom. The molecule has 1 fully saturated rings. The molecule has 1 saturated heterocycles. The maximum Gasteiger partial charge on any atom is 0.417 e. The van der Waals surface area contributed by atoms with Crippen LogP contribution in [0.2, 0.25) is 0 Å². The Labute approximate surface area is 226 Å². The summed E-state index contributed by atoms with van der Waals surface area (Å²) in [7, 11) is 0. The van der Waals surface area contributed by atoms with Gasteiger partial charge >= 0.3 is 18.3 Å². The van der Waals surface area contributed by atoms with E-state index in [0.717, 1.165) is 23.5 Å². The molecule has 0 unspecified atom stereocenters. The second kappa shape index (κ2) is 10.2. The van der Waals surface area contributed by atoms with Crippen molar-refractivity contribution in [2.75, 3.05) is 18.0 Å². The predicted molar refractivity (Wildman–Crippen MR) is 136 cm³/mol. The lowest BCUT2D eigenvalue weighted by Gasteiger charge is -2.30. The Morgan fingerprint density at radius 3 is 2.58 bits per heavy atom. The van der Waals surface area contributed by atoms with Gasteiger partial charge < -0.3 is 15.1 Å². The van der Waals surface area contributed by atoms with Gasteiger partial charge in [0.2, 0.25) is 5.88 Å². The summed E-state index contributed by atoms with van der Waals surface area (Å²) in [6.07, 6.45) is -6.49. The summed E-state index contributed by atoms with van der Waals surface area (Å²) in [6.45, 7) is 0.603. The molecule has 5 rings (SSSR count). The van der Waals surface area contributed by atoms with Crippen molar-refractivity contribution < 1.29 is 41.4 Å². The topological polar surface area (TPSA) is 102 Å². The number of carbonyl (C=O) groups is 1. The highest BCUT2D eigenvalue weighted by Gasteiger charge is 2.38. The number of halogens is 6. The lowest BCUT2D eigenvalue weighted by molar-refractivity contribution is -0.143. The number of hydrogen-bond donors (Lipinski definition) is 3. The van der Waals surface area contributed by atoms with Crippen molar-refractivity contribution >= 4 is 45.0 Å². The quantitative estimate of drug-likeness (QED) is 0.180. The summed E-state index contributed by atoms with van der Waals surface area (Å²) >= 11 is 0.949. The number of aromatic nitrogens is 3. The van der Waals surface area contributed by atoms with E-state index in [-0.39, 0.29) is 28.2 Å². The summed E-state index contributed by atoms with van der Waals surface area (Å²) in [5.74, 6) is -2.12. The first-order valence-corrected chi connectivity index (χ1v) is 12.7. The van der Waals surface area contributed by atoms with Crippen LogP contribution in [0.4, 0.5) is 31.5 Å². The van der Waals surface area contributed by atoms with Crippen LogP contribution in [-0.2, 0) is 17.1 Å². The van der Waals surface area contributed by atoms with Crippen molar-refractivity contribution in [3.8, 4) is 5.88 Å². The average molecular weight is 583 g/mol. The highest BCUT2D eigenvalue weighted by atomic mass is 32.1. The number of thiazole rings is 1. The van der Waals surface area contributed by atoms with Gasteiger partial charge in [0, 0.05) is 24.0 Å². The minimum atomic E-state index is -5.10. The summed E-state index contributed by atoms with van der Waals surface area (Å²) in [5.41, 5.74) is -2.40. The molecule has 2 aromatic heterocycles. The summed E-state index contributed by atoms with van der Waals surface area (Å²) in [6, 6.07) is 6.18. The smallest absolute Gasteiger partial charge is 0.417 e. The van der Waals surface area contributed by atoms with E-state index in [0.29, 0.717) is 41.9 Å². The molecule has 0 amide bonds. The number of carboxylic acid groups (broad SMARTS) is 1. The van der Waals surface area contributed by atoms with Gasteiger partial charge in [-0.05, 0) is 54.3 Å². The van der Waals surface area contributed by atoms with E-state index in [4.69, 9.17) is 0 Å². The fourth-order valence-electron chi connectivity index (χ4n) is 4.61. The van der Waals surface area contributed by atoms with Gasteiger partial charge in [-0.3, -0.25) is 9.89 Å². The number of alkyl halides is 6. The van der Waals surface area contributed by atoms with E-state index in [2.05, 4.69) is 15.2 Å². The van der Waals surface area contributed by atoms with E-state index in [1.165, 1.54) is 6.20 Å². The minimum absolute atomic E-state index is 0.0560. The zero-order chi connectivity index (χ0) is 28.8. The molecule has 0 radical (unpaired) electrons. The van der Waals surface area contributed by atoms with Crippen LogP contribution < -0.4 is 4.90 Å². The van der Waals surface area contributed by atoms with E-state index in [1.807, 2.05) is 0 Å². The van der Waals surface area contributed by atoms with Crippen molar-refractivity contribution in [3.63, 3.8) is 0 Å². The normalized spacial score (nSPS) is 17.0. The third-order valence-electron chi connectivity index (χ3n) is 6.62. The number of benzene rings is 2. The Hall–Kier alpha value is -4.07. The summed E-state index contributed by atoms with van der Waals surface area (Å²) in [5, 5.41) is 27.8. The largest absolute Gasteiger partial charge is 0.492 e. The van der Waals surface area contributed by atoms with Crippen LogP contribution in [0.5, 0.6) is 5.88 Å². The van der Waals surface area contributed by atoms with Gasteiger partial charge in [-0.15, -0.1) is 0 Å². The monoisotopic (exact) mass is 582 g/mol. The molecule has 2 aromatic carbocycles. The molecule has 0 spiro atoms. The van der Waals surface area contributed by atoms with Crippen LogP contribution in [0.3, 0.4) is 0 Å².